The van der Waals surface area contributed by atoms with Gasteiger partial charge in [-0.3, -0.25) is 0 Å². The van der Waals surface area contributed by atoms with E-state index in [4.69, 9.17) is 11.6 Å². The van der Waals surface area contributed by atoms with Crippen LogP contribution in [0.25, 0.3) is 27.9 Å². The van der Waals surface area contributed by atoms with Crippen molar-refractivity contribution in [3.8, 4) is 11.3 Å². The van der Waals surface area contributed by atoms with Crippen LogP contribution in [0.3, 0.4) is 0 Å². The molecule has 150 valence electrons. The number of fused-ring (bicyclic) bond motifs is 2. The van der Waals surface area contributed by atoms with Crippen molar-refractivity contribution >= 4 is 38.3 Å². The normalized spacial score (nSPS) is 12.1. The lowest BCUT2D eigenvalue weighted by atomic mass is 10.1. The Bertz CT molecular complexity index is 1540. The van der Waals surface area contributed by atoms with Crippen LogP contribution < -0.4 is 0 Å². The van der Waals surface area contributed by atoms with Gasteiger partial charge in [0.05, 0.1) is 16.3 Å². The van der Waals surface area contributed by atoms with Gasteiger partial charge in [0, 0.05) is 23.3 Å². The molecule has 0 aliphatic carbocycles. The Hall–Kier alpha value is -3.23. The van der Waals surface area contributed by atoms with Gasteiger partial charge in [0.15, 0.2) is 11.3 Å². The fraction of sp³-hybridized carbons (Fsp3) is 0.0952. The van der Waals surface area contributed by atoms with E-state index in [0.717, 1.165) is 22.5 Å². The number of pyridine rings is 1. The number of benzene rings is 1. The summed E-state index contributed by atoms with van der Waals surface area (Å²) >= 11 is 6.09. The van der Waals surface area contributed by atoms with Gasteiger partial charge in [-0.15, -0.1) is 0 Å². The first-order valence-corrected chi connectivity index (χ1v) is 11.0. The van der Waals surface area contributed by atoms with Gasteiger partial charge in [0.1, 0.15) is 5.15 Å². The minimum Gasteiger partial charge on any atom is -0.237 e. The molecule has 4 heterocycles. The fourth-order valence-electron chi connectivity index (χ4n) is 3.57. The molecule has 9 heteroatoms. The number of hydrogen-bond donors (Lipinski definition) is 0. The number of halogens is 1. The van der Waals surface area contributed by atoms with E-state index < -0.39 is 10.0 Å². The van der Waals surface area contributed by atoms with Crippen molar-refractivity contribution < 1.29 is 8.42 Å². The van der Waals surface area contributed by atoms with Gasteiger partial charge in [-0.2, -0.15) is 5.10 Å². The van der Waals surface area contributed by atoms with Crippen molar-refractivity contribution in [2.45, 2.75) is 18.7 Å². The number of rotatable bonds is 3. The van der Waals surface area contributed by atoms with Crippen LogP contribution in [0.15, 0.2) is 65.8 Å². The van der Waals surface area contributed by atoms with E-state index >= 15 is 0 Å². The van der Waals surface area contributed by atoms with Crippen LogP contribution in [-0.2, 0) is 10.0 Å². The van der Waals surface area contributed by atoms with Crippen LogP contribution in [0.4, 0.5) is 0 Å². The van der Waals surface area contributed by atoms with Gasteiger partial charge in [0.2, 0.25) is 0 Å². The number of hydrogen-bond acceptors (Lipinski definition) is 5. The number of nitrogens with zero attached hydrogens (tertiary/aromatic N) is 5. The van der Waals surface area contributed by atoms with Crippen molar-refractivity contribution in [2.24, 2.45) is 0 Å². The molecule has 0 amide bonds. The Labute approximate surface area is 177 Å². The summed E-state index contributed by atoms with van der Waals surface area (Å²) < 4.78 is 29.3. The van der Waals surface area contributed by atoms with Gasteiger partial charge in [-0.05, 0) is 50.2 Å². The highest BCUT2D eigenvalue weighted by molar-refractivity contribution is 7.90. The van der Waals surface area contributed by atoms with E-state index in [1.807, 2.05) is 19.9 Å². The Balaban J connectivity index is 1.75. The molecule has 0 bridgehead atoms. The van der Waals surface area contributed by atoms with Crippen molar-refractivity contribution in [3.05, 3.63) is 77.3 Å². The van der Waals surface area contributed by atoms with E-state index in [9.17, 15) is 8.42 Å². The van der Waals surface area contributed by atoms with Gasteiger partial charge in [-0.25, -0.2) is 26.9 Å². The molecule has 0 N–H and O–H groups in total. The standard InChI is InChI=1S/C21H16ClN5O2S/c1-13-3-5-15(6-4-13)30(28,29)26-12-10-17-16(9-11-23-21(17)26)20-14(2)24-19-8-7-18(22)25-27(19)20/h3-12H,1-2H3. The van der Waals surface area contributed by atoms with Crippen LogP contribution >= 0.6 is 11.6 Å². The lowest BCUT2D eigenvalue weighted by Gasteiger charge is -2.09. The maximum atomic E-state index is 13.2. The molecule has 0 unspecified atom stereocenters. The Morgan fingerprint density at radius 3 is 2.50 bits per heavy atom. The second-order valence-electron chi connectivity index (χ2n) is 7.00. The summed E-state index contributed by atoms with van der Waals surface area (Å²) in [6.07, 6.45) is 3.11. The van der Waals surface area contributed by atoms with E-state index in [1.54, 1.807) is 53.2 Å². The number of aromatic nitrogens is 5. The van der Waals surface area contributed by atoms with E-state index in [1.165, 1.54) is 10.2 Å². The van der Waals surface area contributed by atoms with Crippen molar-refractivity contribution in [2.75, 3.05) is 0 Å². The molecule has 0 saturated carbocycles. The second kappa shape index (κ2) is 6.65. The molecule has 5 rings (SSSR count). The van der Waals surface area contributed by atoms with Gasteiger partial charge in [0.25, 0.3) is 10.0 Å². The molecule has 7 nitrogen and oxygen atoms in total. The first-order chi connectivity index (χ1) is 14.4. The van der Waals surface area contributed by atoms with E-state index in [2.05, 4.69) is 15.1 Å². The zero-order valence-electron chi connectivity index (χ0n) is 16.1. The number of imidazole rings is 1. The summed E-state index contributed by atoms with van der Waals surface area (Å²) in [5.41, 5.74) is 4.25. The molecular formula is C21H16ClN5O2S. The monoisotopic (exact) mass is 437 g/mol. The Morgan fingerprint density at radius 1 is 0.967 bits per heavy atom. The van der Waals surface area contributed by atoms with Crippen LogP contribution in [0.1, 0.15) is 11.3 Å². The average molecular weight is 438 g/mol. The minimum atomic E-state index is -3.79. The summed E-state index contributed by atoms with van der Waals surface area (Å²) in [6, 6.07) is 13.8. The molecule has 0 aliphatic heterocycles. The predicted octanol–water partition coefficient (Wildman–Crippen LogP) is 4.25. The fourth-order valence-corrected chi connectivity index (χ4v) is 5.01. The highest BCUT2D eigenvalue weighted by Crippen LogP contribution is 2.32. The van der Waals surface area contributed by atoms with Crippen molar-refractivity contribution in [3.63, 3.8) is 0 Å². The molecule has 4 aromatic heterocycles. The molecule has 1 aromatic carbocycles. The summed E-state index contributed by atoms with van der Waals surface area (Å²) in [5, 5.41) is 5.38. The quantitative estimate of drug-likeness (QED) is 0.421. The highest BCUT2D eigenvalue weighted by Gasteiger charge is 2.22. The van der Waals surface area contributed by atoms with Crippen LogP contribution in [-0.4, -0.2) is 32.0 Å². The zero-order chi connectivity index (χ0) is 21.0. The molecule has 0 atom stereocenters. The second-order valence-corrected chi connectivity index (χ2v) is 9.20. The van der Waals surface area contributed by atoms with Gasteiger partial charge >= 0.3 is 0 Å². The lowest BCUT2D eigenvalue weighted by molar-refractivity contribution is 0.588. The van der Waals surface area contributed by atoms with E-state index in [0.29, 0.717) is 21.8 Å². The molecule has 30 heavy (non-hydrogen) atoms. The summed E-state index contributed by atoms with van der Waals surface area (Å²) in [6.45, 7) is 3.79. The minimum absolute atomic E-state index is 0.206. The largest absolute Gasteiger partial charge is 0.269 e. The zero-order valence-corrected chi connectivity index (χ0v) is 17.7. The van der Waals surface area contributed by atoms with E-state index in [-0.39, 0.29) is 4.90 Å². The molecule has 0 aliphatic rings. The Kier molecular flexibility index (Phi) is 4.16. The third-order valence-electron chi connectivity index (χ3n) is 5.01. The highest BCUT2D eigenvalue weighted by atomic mass is 35.5. The molecule has 0 fully saturated rings. The summed E-state index contributed by atoms with van der Waals surface area (Å²) in [5.74, 6) is 0. The third-order valence-corrected chi connectivity index (χ3v) is 6.89. The first kappa shape index (κ1) is 18.8. The molecule has 5 aromatic rings. The van der Waals surface area contributed by atoms with Gasteiger partial charge in [-0.1, -0.05) is 29.3 Å². The van der Waals surface area contributed by atoms with Crippen LogP contribution in [0.5, 0.6) is 0 Å². The van der Waals surface area contributed by atoms with Crippen molar-refractivity contribution in [1.29, 1.82) is 0 Å². The average Bonchev–Trinajstić information content (AvgIpc) is 3.29. The first-order valence-electron chi connectivity index (χ1n) is 9.17. The maximum absolute atomic E-state index is 13.2. The summed E-state index contributed by atoms with van der Waals surface area (Å²) in [4.78, 5) is 9.11. The van der Waals surface area contributed by atoms with Crippen molar-refractivity contribution in [1.82, 2.24) is 23.6 Å². The van der Waals surface area contributed by atoms with Crippen LogP contribution in [0, 0.1) is 13.8 Å². The number of aryl methyl sites for hydroxylation is 2. The molecular weight excluding hydrogens is 422 g/mol. The van der Waals surface area contributed by atoms with Crippen LogP contribution in [0.2, 0.25) is 5.15 Å². The topological polar surface area (TPSA) is 82.1 Å². The summed E-state index contributed by atoms with van der Waals surface area (Å²) in [7, 11) is -3.79. The molecule has 0 saturated heterocycles. The molecule has 0 spiro atoms. The lowest BCUT2D eigenvalue weighted by Crippen LogP contribution is -2.12. The Morgan fingerprint density at radius 2 is 1.73 bits per heavy atom. The van der Waals surface area contributed by atoms with Gasteiger partial charge < -0.3 is 0 Å². The predicted molar refractivity (Wildman–Crippen MR) is 115 cm³/mol. The smallest absolute Gasteiger partial charge is 0.237 e. The molecule has 0 radical (unpaired) electrons. The SMILES string of the molecule is Cc1ccc(S(=O)(=O)n2ccc3c(-c4c(C)nc5ccc(Cl)nn45)ccnc32)cc1. The maximum Gasteiger partial charge on any atom is 0.269 e. The third kappa shape index (κ3) is 2.79.